The Morgan fingerprint density at radius 3 is 1.28 bits per heavy atom. The standard InChI is InChI=1S/2C21H25NO3/c2*1-15(17-7-6-16-4-2-3-5-18(16)14-17)22-13-12-21(25-20(22)24)10-8-19(23)9-11-21/h2*2-7,14-15,19,23H,8-13H2,1H3/t2*15-,19?,21?/m00/s1. The maximum absolute atomic E-state index is 12.7. The van der Waals surface area contributed by atoms with Crippen LogP contribution in [0.1, 0.15) is 101 Å². The first-order valence-electron chi connectivity index (χ1n) is 18.5. The molecule has 4 aromatic carbocycles. The Hall–Kier alpha value is -4.14. The third-order valence-corrected chi connectivity index (χ3v) is 11.9. The van der Waals surface area contributed by atoms with Crippen molar-refractivity contribution in [2.75, 3.05) is 13.1 Å². The molecule has 0 bridgehead atoms. The summed E-state index contributed by atoms with van der Waals surface area (Å²) in [6.07, 6.45) is 6.81. The Bertz CT molecular complexity index is 1690. The molecule has 0 unspecified atom stereocenters. The van der Waals surface area contributed by atoms with Crippen LogP contribution in [0, 0.1) is 0 Å². The Labute approximate surface area is 295 Å². The van der Waals surface area contributed by atoms with E-state index < -0.39 is 0 Å². The van der Waals surface area contributed by atoms with Crippen molar-refractivity contribution < 1.29 is 29.3 Å². The van der Waals surface area contributed by atoms with Gasteiger partial charge in [-0.1, -0.05) is 72.8 Å². The van der Waals surface area contributed by atoms with Crippen molar-refractivity contribution in [1.29, 1.82) is 0 Å². The molecule has 0 aromatic heterocycles. The molecule has 2 N–H and O–H groups in total. The zero-order valence-corrected chi connectivity index (χ0v) is 29.3. The second-order valence-corrected chi connectivity index (χ2v) is 15.0. The van der Waals surface area contributed by atoms with Crippen molar-refractivity contribution in [2.45, 2.75) is 114 Å². The number of hydrogen-bond donors (Lipinski definition) is 2. The summed E-state index contributed by atoms with van der Waals surface area (Å²) in [6.45, 7) is 5.55. The summed E-state index contributed by atoms with van der Waals surface area (Å²) >= 11 is 0. The monoisotopic (exact) mass is 678 g/mol. The highest BCUT2D eigenvalue weighted by molar-refractivity contribution is 5.84. The maximum atomic E-state index is 12.7. The lowest BCUT2D eigenvalue weighted by molar-refractivity contribution is -0.0911. The lowest BCUT2D eigenvalue weighted by Crippen LogP contribution is -2.52. The Kier molecular flexibility index (Phi) is 9.77. The largest absolute Gasteiger partial charge is 0.443 e. The molecule has 8 rings (SSSR count). The van der Waals surface area contributed by atoms with Gasteiger partial charge >= 0.3 is 12.2 Å². The van der Waals surface area contributed by atoms with E-state index in [0.717, 1.165) is 75.3 Å². The molecule has 8 nitrogen and oxygen atoms in total. The highest BCUT2D eigenvalue weighted by Crippen LogP contribution is 2.41. The number of nitrogens with zero attached hydrogens (tertiary/aromatic N) is 2. The molecule has 2 aliphatic heterocycles. The van der Waals surface area contributed by atoms with Crippen LogP contribution in [0.15, 0.2) is 84.9 Å². The van der Waals surface area contributed by atoms with Crippen LogP contribution in [-0.4, -0.2) is 68.7 Å². The zero-order valence-electron chi connectivity index (χ0n) is 29.3. The van der Waals surface area contributed by atoms with Gasteiger partial charge in [-0.05, 0) is 110 Å². The van der Waals surface area contributed by atoms with E-state index in [2.05, 4.69) is 74.5 Å². The lowest BCUT2D eigenvalue weighted by Gasteiger charge is -2.45. The zero-order chi connectivity index (χ0) is 34.9. The molecule has 4 fully saturated rings. The average molecular weight is 679 g/mol. The summed E-state index contributed by atoms with van der Waals surface area (Å²) in [5.41, 5.74) is 1.56. The van der Waals surface area contributed by atoms with Crippen LogP contribution < -0.4 is 0 Å². The first kappa shape index (κ1) is 34.3. The summed E-state index contributed by atoms with van der Waals surface area (Å²) in [5.74, 6) is 0. The highest BCUT2D eigenvalue weighted by atomic mass is 16.6. The molecular weight excluding hydrogens is 628 g/mol. The van der Waals surface area contributed by atoms with Crippen molar-refractivity contribution in [2.24, 2.45) is 0 Å². The van der Waals surface area contributed by atoms with Gasteiger partial charge < -0.3 is 29.5 Å². The molecule has 0 radical (unpaired) electrons. The first-order valence-corrected chi connectivity index (χ1v) is 18.5. The molecule has 2 aliphatic carbocycles. The van der Waals surface area contributed by atoms with Crippen LogP contribution in [0.3, 0.4) is 0 Å². The SMILES string of the molecule is C[C@@H](c1ccc2ccccc2c1)N1CCC2(CCC(O)CC2)OC1=O.C[C@@H](c1ccc2ccccc2c1)N1CCC2(CCC(O)CC2)OC1=O. The van der Waals surface area contributed by atoms with Crippen molar-refractivity contribution >= 4 is 33.7 Å². The molecule has 4 aliphatic rings. The Balaban J connectivity index is 0.000000157. The molecule has 50 heavy (non-hydrogen) atoms. The fourth-order valence-electron chi connectivity index (χ4n) is 8.38. The van der Waals surface area contributed by atoms with Crippen LogP contribution >= 0.6 is 0 Å². The van der Waals surface area contributed by atoms with Gasteiger partial charge in [0.25, 0.3) is 0 Å². The van der Waals surface area contributed by atoms with Crippen LogP contribution in [0.4, 0.5) is 9.59 Å². The minimum Gasteiger partial charge on any atom is -0.443 e. The number of amides is 2. The molecule has 4 aromatic rings. The number of aliphatic hydroxyl groups is 2. The van der Waals surface area contributed by atoms with Gasteiger partial charge in [0, 0.05) is 25.9 Å². The molecule has 2 amide bonds. The maximum Gasteiger partial charge on any atom is 0.410 e. The quantitative estimate of drug-likeness (QED) is 0.224. The molecule has 2 atom stereocenters. The summed E-state index contributed by atoms with van der Waals surface area (Å²) in [5, 5.41) is 24.2. The van der Waals surface area contributed by atoms with Crippen LogP contribution in [-0.2, 0) is 9.47 Å². The number of ether oxygens (including phenoxy) is 2. The minimum atomic E-state index is -0.351. The molecular formula is C42H50N2O6. The predicted molar refractivity (Wildman–Crippen MR) is 195 cm³/mol. The fraction of sp³-hybridized carbons (Fsp3) is 0.476. The summed E-state index contributed by atoms with van der Waals surface area (Å²) in [6, 6.07) is 29.3. The van der Waals surface area contributed by atoms with Crippen LogP contribution in [0.5, 0.6) is 0 Å². The van der Waals surface area contributed by atoms with E-state index in [0.29, 0.717) is 13.1 Å². The van der Waals surface area contributed by atoms with Crippen molar-refractivity contribution in [3.63, 3.8) is 0 Å². The second-order valence-electron chi connectivity index (χ2n) is 15.0. The van der Waals surface area contributed by atoms with Crippen molar-refractivity contribution in [1.82, 2.24) is 9.80 Å². The normalized spacial score (nSPS) is 28.2. The first-order chi connectivity index (χ1) is 24.1. The van der Waals surface area contributed by atoms with Gasteiger partial charge in [-0.15, -0.1) is 0 Å². The average Bonchev–Trinajstić information content (AvgIpc) is 3.14. The number of hydrogen-bond acceptors (Lipinski definition) is 6. The van der Waals surface area contributed by atoms with Crippen molar-refractivity contribution in [3.8, 4) is 0 Å². The number of fused-ring (bicyclic) bond motifs is 2. The molecule has 8 heteroatoms. The van der Waals surface area contributed by atoms with Crippen molar-refractivity contribution in [3.05, 3.63) is 96.1 Å². The molecule has 2 heterocycles. The smallest absolute Gasteiger partial charge is 0.410 e. The number of carbonyl (C=O) groups is 2. The summed E-state index contributed by atoms with van der Waals surface area (Å²) in [4.78, 5) is 29.0. The van der Waals surface area contributed by atoms with E-state index in [4.69, 9.17) is 9.47 Å². The number of rotatable bonds is 4. The highest BCUT2D eigenvalue weighted by Gasteiger charge is 2.45. The van der Waals surface area contributed by atoms with Gasteiger partial charge in [-0.3, -0.25) is 0 Å². The van der Waals surface area contributed by atoms with Gasteiger partial charge in [0.1, 0.15) is 11.2 Å². The van der Waals surface area contributed by atoms with Crippen LogP contribution in [0.2, 0.25) is 0 Å². The number of carbonyl (C=O) groups excluding carboxylic acids is 2. The summed E-state index contributed by atoms with van der Waals surface area (Å²) < 4.78 is 11.8. The van der Waals surface area contributed by atoms with Gasteiger partial charge in [-0.2, -0.15) is 0 Å². The molecule has 2 saturated carbocycles. The van der Waals surface area contributed by atoms with Gasteiger partial charge in [0.05, 0.1) is 24.3 Å². The van der Waals surface area contributed by atoms with Gasteiger partial charge in [0.2, 0.25) is 0 Å². The Morgan fingerprint density at radius 1 is 0.560 bits per heavy atom. The second kappa shape index (κ2) is 14.2. The van der Waals surface area contributed by atoms with Gasteiger partial charge in [0.15, 0.2) is 0 Å². The molecule has 2 saturated heterocycles. The Morgan fingerprint density at radius 2 is 0.920 bits per heavy atom. The van der Waals surface area contributed by atoms with E-state index in [1.165, 1.54) is 21.5 Å². The fourth-order valence-corrected chi connectivity index (χ4v) is 8.38. The van der Waals surface area contributed by atoms with E-state index >= 15 is 0 Å². The predicted octanol–water partition coefficient (Wildman–Crippen LogP) is 8.83. The number of benzene rings is 4. The topological polar surface area (TPSA) is 99.5 Å². The summed E-state index contributed by atoms with van der Waals surface area (Å²) in [7, 11) is 0. The molecule has 264 valence electrons. The molecule has 2 spiro atoms. The van der Waals surface area contributed by atoms with E-state index in [-0.39, 0.29) is 47.7 Å². The van der Waals surface area contributed by atoms with Gasteiger partial charge in [-0.25, -0.2) is 9.59 Å². The number of aliphatic hydroxyl groups excluding tert-OH is 2. The third-order valence-electron chi connectivity index (χ3n) is 11.9. The van der Waals surface area contributed by atoms with Crippen LogP contribution in [0.25, 0.3) is 21.5 Å². The van der Waals surface area contributed by atoms with E-state index in [9.17, 15) is 19.8 Å². The lowest BCUT2D eigenvalue weighted by atomic mass is 9.80. The van der Waals surface area contributed by atoms with E-state index in [1.54, 1.807) is 0 Å². The van der Waals surface area contributed by atoms with E-state index in [1.807, 2.05) is 34.1 Å². The third kappa shape index (κ3) is 7.19. The minimum absolute atomic E-state index is 0.0105.